The fraction of sp³-hybridized carbons (Fsp3) is 0.885. The largest absolute Gasteiger partial charge is 0.456 e. The van der Waals surface area contributed by atoms with Crippen LogP contribution in [-0.4, -0.2) is 11.6 Å². The molecule has 0 aliphatic rings. The summed E-state index contributed by atoms with van der Waals surface area (Å²) in [6.45, 7) is 11.6. The van der Waals surface area contributed by atoms with E-state index in [1.165, 1.54) is 103 Å². The molecule has 0 aliphatic carbocycles. The van der Waals surface area contributed by atoms with Crippen LogP contribution in [0.4, 0.5) is 0 Å². The van der Waals surface area contributed by atoms with E-state index in [0.717, 1.165) is 12.8 Å². The van der Waals surface area contributed by atoms with Crippen molar-refractivity contribution in [1.82, 2.24) is 0 Å². The van der Waals surface area contributed by atoms with Crippen molar-refractivity contribution in [2.45, 2.75) is 149 Å². The minimum Gasteiger partial charge on any atom is -0.456 e. The third kappa shape index (κ3) is 18.6. The van der Waals surface area contributed by atoms with Gasteiger partial charge < -0.3 is 4.74 Å². The van der Waals surface area contributed by atoms with Gasteiger partial charge in [-0.05, 0) is 33.6 Å². The molecule has 0 amide bonds. The summed E-state index contributed by atoms with van der Waals surface area (Å²) in [5.41, 5.74) is 0.112. The topological polar surface area (TPSA) is 26.3 Å². The Morgan fingerprint density at radius 3 is 1.32 bits per heavy atom. The molecule has 0 heterocycles. The minimum atomic E-state index is -0.370. The average Bonchev–Trinajstić information content (AvgIpc) is 2.63. The van der Waals surface area contributed by atoms with Crippen LogP contribution in [0.3, 0.4) is 0 Å². The smallest absolute Gasteiger partial charge is 0.333 e. The quantitative estimate of drug-likeness (QED) is 0.117. The predicted molar refractivity (Wildman–Crippen MR) is 124 cm³/mol. The van der Waals surface area contributed by atoms with Crippen LogP contribution in [0.25, 0.3) is 0 Å². The van der Waals surface area contributed by atoms with Crippen LogP contribution in [-0.2, 0) is 9.53 Å². The van der Waals surface area contributed by atoms with Gasteiger partial charge in [0, 0.05) is 5.57 Å². The van der Waals surface area contributed by atoms with Crippen molar-refractivity contribution in [2.75, 3.05) is 0 Å². The lowest BCUT2D eigenvalue weighted by molar-refractivity contribution is -0.152. The van der Waals surface area contributed by atoms with E-state index in [2.05, 4.69) is 13.5 Å². The highest BCUT2D eigenvalue weighted by atomic mass is 16.6. The van der Waals surface area contributed by atoms with Crippen LogP contribution in [0.15, 0.2) is 12.2 Å². The molecule has 0 aromatic carbocycles. The lowest BCUT2D eigenvalue weighted by Crippen LogP contribution is -2.28. The van der Waals surface area contributed by atoms with Gasteiger partial charge in [-0.1, -0.05) is 116 Å². The molecule has 0 aromatic heterocycles. The zero-order valence-corrected chi connectivity index (χ0v) is 19.8. The maximum absolute atomic E-state index is 11.6. The molecule has 2 heteroatoms. The first kappa shape index (κ1) is 27.2. The predicted octanol–water partition coefficient (Wildman–Crippen LogP) is 8.93. The number of ether oxygens (including phenoxy) is 1. The number of carbonyl (C=O) groups is 1. The Labute approximate surface area is 176 Å². The second kappa shape index (κ2) is 18.3. The van der Waals surface area contributed by atoms with Crippen molar-refractivity contribution in [2.24, 2.45) is 0 Å². The molecule has 0 rings (SSSR count). The van der Waals surface area contributed by atoms with E-state index in [1.54, 1.807) is 6.92 Å². The molecule has 2 nitrogen and oxygen atoms in total. The van der Waals surface area contributed by atoms with E-state index < -0.39 is 0 Å². The monoisotopic (exact) mass is 394 g/mol. The van der Waals surface area contributed by atoms with Gasteiger partial charge in [-0.15, -0.1) is 0 Å². The molecule has 0 unspecified atom stereocenters. The van der Waals surface area contributed by atoms with Gasteiger partial charge in [0.1, 0.15) is 5.60 Å². The molecular weight excluding hydrogens is 344 g/mol. The third-order valence-corrected chi connectivity index (χ3v) is 5.60. The van der Waals surface area contributed by atoms with Gasteiger partial charge in [0.2, 0.25) is 0 Å². The van der Waals surface area contributed by atoms with E-state index in [4.69, 9.17) is 4.74 Å². The van der Waals surface area contributed by atoms with E-state index in [9.17, 15) is 4.79 Å². The average molecular weight is 395 g/mol. The molecule has 0 saturated heterocycles. The van der Waals surface area contributed by atoms with Gasteiger partial charge in [-0.25, -0.2) is 4.79 Å². The number of hydrogen-bond acceptors (Lipinski definition) is 2. The van der Waals surface area contributed by atoms with Crippen molar-refractivity contribution in [3.8, 4) is 0 Å². The third-order valence-electron chi connectivity index (χ3n) is 5.60. The Morgan fingerprint density at radius 1 is 0.679 bits per heavy atom. The van der Waals surface area contributed by atoms with Crippen LogP contribution in [0.2, 0.25) is 0 Å². The van der Waals surface area contributed by atoms with E-state index in [1.807, 2.05) is 13.8 Å². The molecule has 0 bridgehead atoms. The van der Waals surface area contributed by atoms with Crippen LogP contribution >= 0.6 is 0 Å². The Hall–Kier alpha value is -0.790. The first-order chi connectivity index (χ1) is 13.4. The number of carbonyl (C=O) groups excluding carboxylic acids is 1. The summed E-state index contributed by atoms with van der Waals surface area (Å²) in [6.07, 6.45) is 24.5. The fourth-order valence-electron chi connectivity index (χ4n) is 3.66. The lowest BCUT2D eigenvalue weighted by Gasteiger charge is -2.25. The van der Waals surface area contributed by atoms with Crippen LogP contribution in [0.5, 0.6) is 0 Å². The van der Waals surface area contributed by atoms with E-state index in [0.29, 0.717) is 5.57 Å². The van der Waals surface area contributed by atoms with Crippen molar-refractivity contribution in [1.29, 1.82) is 0 Å². The molecule has 0 saturated carbocycles. The fourth-order valence-corrected chi connectivity index (χ4v) is 3.66. The molecule has 0 fully saturated rings. The summed E-state index contributed by atoms with van der Waals surface area (Å²) in [5.74, 6) is -0.267. The molecule has 0 radical (unpaired) electrons. The second-order valence-electron chi connectivity index (χ2n) is 9.34. The zero-order valence-electron chi connectivity index (χ0n) is 19.8. The van der Waals surface area contributed by atoms with Gasteiger partial charge >= 0.3 is 5.97 Å². The van der Waals surface area contributed by atoms with E-state index >= 15 is 0 Å². The Kier molecular flexibility index (Phi) is 17.7. The summed E-state index contributed by atoms with van der Waals surface area (Å²) in [4.78, 5) is 11.6. The van der Waals surface area contributed by atoms with Crippen LogP contribution in [0, 0.1) is 0 Å². The normalized spacial score (nSPS) is 11.6. The van der Waals surface area contributed by atoms with Gasteiger partial charge in [-0.3, -0.25) is 0 Å². The van der Waals surface area contributed by atoms with Gasteiger partial charge in [0.15, 0.2) is 0 Å². The first-order valence-electron chi connectivity index (χ1n) is 12.3. The number of hydrogen-bond donors (Lipinski definition) is 0. The molecule has 0 spiro atoms. The maximum Gasteiger partial charge on any atom is 0.333 e. The maximum atomic E-state index is 11.6. The molecule has 166 valence electrons. The number of unbranched alkanes of at least 4 members (excludes halogenated alkanes) is 16. The minimum absolute atomic E-state index is 0.267. The van der Waals surface area contributed by atoms with Gasteiger partial charge in [0.05, 0.1) is 0 Å². The number of rotatable bonds is 20. The van der Waals surface area contributed by atoms with Crippen LogP contribution < -0.4 is 0 Å². The highest BCUT2D eigenvalue weighted by molar-refractivity contribution is 5.87. The van der Waals surface area contributed by atoms with E-state index in [-0.39, 0.29) is 11.6 Å². The number of esters is 1. The van der Waals surface area contributed by atoms with Crippen molar-refractivity contribution in [3.05, 3.63) is 12.2 Å². The second-order valence-corrected chi connectivity index (χ2v) is 9.34. The van der Waals surface area contributed by atoms with Crippen LogP contribution in [0.1, 0.15) is 143 Å². The standard InChI is InChI=1S/C26H50O2/c1-6-7-8-9-10-11-12-13-14-15-16-17-18-19-20-21-22-23-26(4,5)28-25(27)24(2)3/h2,6-23H2,1,3-5H3. The summed E-state index contributed by atoms with van der Waals surface area (Å²) in [5, 5.41) is 0. The lowest BCUT2D eigenvalue weighted by atomic mass is 9.98. The summed E-state index contributed by atoms with van der Waals surface area (Å²) < 4.78 is 5.49. The molecule has 0 atom stereocenters. The molecule has 0 aromatic rings. The van der Waals surface area contributed by atoms with Gasteiger partial charge in [0.25, 0.3) is 0 Å². The Balaban J connectivity index is 3.29. The van der Waals surface area contributed by atoms with Crippen molar-refractivity contribution in [3.63, 3.8) is 0 Å². The first-order valence-corrected chi connectivity index (χ1v) is 12.3. The molecule has 0 aliphatic heterocycles. The SMILES string of the molecule is C=C(C)C(=O)OC(C)(C)CCCCCCCCCCCCCCCCCCC. The highest BCUT2D eigenvalue weighted by Gasteiger charge is 2.22. The highest BCUT2D eigenvalue weighted by Crippen LogP contribution is 2.21. The summed E-state index contributed by atoms with van der Waals surface area (Å²) >= 11 is 0. The Morgan fingerprint density at radius 2 is 1.00 bits per heavy atom. The molecule has 0 N–H and O–H groups in total. The van der Waals surface area contributed by atoms with Crippen molar-refractivity contribution >= 4 is 5.97 Å². The zero-order chi connectivity index (χ0) is 21.1. The summed E-state index contributed by atoms with van der Waals surface area (Å²) in [6, 6.07) is 0. The molecular formula is C26H50O2. The molecule has 28 heavy (non-hydrogen) atoms. The van der Waals surface area contributed by atoms with Crippen molar-refractivity contribution < 1.29 is 9.53 Å². The Bertz CT molecular complexity index is 384. The summed E-state index contributed by atoms with van der Waals surface area (Å²) in [7, 11) is 0. The van der Waals surface area contributed by atoms with Gasteiger partial charge in [-0.2, -0.15) is 0 Å².